The van der Waals surface area contributed by atoms with E-state index in [0.29, 0.717) is 6.61 Å². The lowest BCUT2D eigenvalue weighted by Gasteiger charge is -2.13. The van der Waals surface area contributed by atoms with E-state index in [4.69, 9.17) is 4.74 Å². The molecule has 0 saturated heterocycles. The zero-order valence-corrected chi connectivity index (χ0v) is 14.1. The summed E-state index contributed by atoms with van der Waals surface area (Å²) in [5.41, 5.74) is 2.51. The summed E-state index contributed by atoms with van der Waals surface area (Å²) in [6.07, 6.45) is 3.62. The fourth-order valence-electron chi connectivity index (χ4n) is 1.86. The molecule has 0 amide bonds. The zero-order valence-electron chi connectivity index (χ0n) is 12.6. The molecule has 4 heteroatoms. The number of carbonyl (C=O) groups is 1. The van der Waals surface area contributed by atoms with Crippen LogP contribution in [-0.4, -0.2) is 31.5 Å². The Morgan fingerprint density at radius 2 is 1.95 bits per heavy atom. The Hall–Kier alpha value is -1.03. The summed E-state index contributed by atoms with van der Waals surface area (Å²) in [7, 11) is 4.07. The lowest BCUT2D eigenvalue weighted by atomic mass is 10.1. The van der Waals surface area contributed by atoms with Crippen LogP contribution in [0.5, 0.6) is 0 Å². The first kappa shape index (κ1) is 17.0. The average Bonchev–Trinajstić information content (AvgIpc) is 2.45. The number of benzene rings is 1. The normalized spacial score (nSPS) is 12.0. The molecule has 0 saturated carbocycles. The molecule has 3 nitrogen and oxygen atoms in total. The summed E-state index contributed by atoms with van der Waals surface area (Å²) in [5, 5.41) is 0. The Kier molecular flexibility index (Phi) is 7.67. The maximum atomic E-state index is 11.6. The lowest BCUT2D eigenvalue weighted by molar-refractivity contribution is -0.142. The molecule has 0 N–H and O–H groups in total. The van der Waals surface area contributed by atoms with Crippen molar-refractivity contribution < 1.29 is 9.53 Å². The molecule has 0 spiro atoms. The van der Waals surface area contributed by atoms with Crippen molar-refractivity contribution in [3.63, 3.8) is 0 Å². The van der Waals surface area contributed by atoms with Crippen LogP contribution in [0.4, 0.5) is 5.69 Å². The highest BCUT2D eigenvalue weighted by Crippen LogP contribution is 2.16. The van der Waals surface area contributed by atoms with Crippen molar-refractivity contribution >= 4 is 27.6 Å². The van der Waals surface area contributed by atoms with Crippen molar-refractivity contribution in [3.8, 4) is 0 Å². The minimum Gasteiger partial charge on any atom is -0.465 e. The van der Waals surface area contributed by atoms with Crippen LogP contribution in [-0.2, 0) is 16.0 Å². The first-order chi connectivity index (χ1) is 9.54. The molecule has 20 heavy (non-hydrogen) atoms. The van der Waals surface area contributed by atoms with Crippen LogP contribution in [0.2, 0.25) is 0 Å². The van der Waals surface area contributed by atoms with Gasteiger partial charge in [0, 0.05) is 19.8 Å². The van der Waals surface area contributed by atoms with Gasteiger partial charge in [0.25, 0.3) is 0 Å². The van der Waals surface area contributed by atoms with Gasteiger partial charge >= 0.3 is 5.97 Å². The van der Waals surface area contributed by atoms with Gasteiger partial charge in [-0.2, -0.15) is 0 Å². The van der Waals surface area contributed by atoms with Crippen LogP contribution in [0.1, 0.15) is 31.7 Å². The molecule has 0 bridgehead atoms. The standard InChI is InChI=1S/C16H24BrNO2/c1-4-12-20-16(19)15(17)7-5-6-13-8-10-14(11-9-13)18(2)3/h8-11,15H,4-7,12H2,1-3H3. The number of esters is 1. The van der Waals surface area contributed by atoms with E-state index in [1.807, 2.05) is 21.0 Å². The highest BCUT2D eigenvalue weighted by atomic mass is 79.9. The van der Waals surface area contributed by atoms with Gasteiger partial charge in [-0.3, -0.25) is 4.79 Å². The minimum atomic E-state index is -0.185. The predicted octanol–water partition coefficient (Wildman–Crippen LogP) is 3.79. The van der Waals surface area contributed by atoms with E-state index < -0.39 is 0 Å². The number of halogens is 1. The Bertz CT molecular complexity index is 403. The van der Waals surface area contributed by atoms with E-state index >= 15 is 0 Å². The molecule has 0 aliphatic heterocycles. The van der Waals surface area contributed by atoms with Crippen molar-refractivity contribution in [2.45, 2.75) is 37.4 Å². The smallest absolute Gasteiger partial charge is 0.319 e. The molecule has 0 aromatic heterocycles. The van der Waals surface area contributed by atoms with Gasteiger partial charge in [0.1, 0.15) is 4.83 Å². The van der Waals surface area contributed by atoms with Crippen molar-refractivity contribution in [1.29, 1.82) is 0 Å². The van der Waals surface area contributed by atoms with Crippen LogP contribution in [0.15, 0.2) is 24.3 Å². The fraction of sp³-hybridized carbons (Fsp3) is 0.562. The molecule has 0 aliphatic carbocycles. The topological polar surface area (TPSA) is 29.5 Å². The number of aryl methyl sites for hydroxylation is 1. The summed E-state index contributed by atoms with van der Waals surface area (Å²) in [6, 6.07) is 8.54. The Morgan fingerprint density at radius 1 is 1.30 bits per heavy atom. The zero-order chi connectivity index (χ0) is 15.0. The maximum Gasteiger partial charge on any atom is 0.319 e. The van der Waals surface area contributed by atoms with Gasteiger partial charge < -0.3 is 9.64 Å². The third-order valence-electron chi connectivity index (χ3n) is 3.08. The minimum absolute atomic E-state index is 0.144. The van der Waals surface area contributed by atoms with Crippen LogP contribution in [0, 0.1) is 0 Å². The van der Waals surface area contributed by atoms with Crippen LogP contribution in [0.25, 0.3) is 0 Å². The molecule has 1 rings (SSSR count). The van der Waals surface area contributed by atoms with Gasteiger partial charge in [-0.25, -0.2) is 0 Å². The average molecular weight is 342 g/mol. The quantitative estimate of drug-likeness (QED) is 0.532. The number of anilines is 1. The van der Waals surface area contributed by atoms with Gasteiger partial charge in [0.2, 0.25) is 0 Å². The fourth-order valence-corrected chi connectivity index (χ4v) is 2.31. The number of rotatable bonds is 8. The summed E-state index contributed by atoms with van der Waals surface area (Å²) in [4.78, 5) is 13.5. The van der Waals surface area contributed by atoms with E-state index in [9.17, 15) is 4.79 Å². The molecule has 1 unspecified atom stereocenters. The first-order valence-corrected chi connectivity index (χ1v) is 8.03. The van der Waals surface area contributed by atoms with Gasteiger partial charge in [0.15, 0.2) is 0 Å². The summed E-state index contributed by atoms with van der Waals surface area (Å²) >= 11 is 3.40. The first-order valence-electron chi connectivity index (χ1n) is 7.11. The molecule has 0 heterocycles. The second-order valence-corrected chi connectivity index (χ2v) is 6.19. The maximum absolute atomic E-state index is 11.6. The number of ether oxygens (including phenoxy) is 1. The van der Waals surface area contributed by atoms with Crippen molar-refractivity contribution in [3.05, 3.63) is 29.8 Å². The second kappa shape index (κ2) is 9.01. The van der Waals surface area contributed by atoms with Gasteiger partial charge in [0.05, 0.1) is 6.61 Å². The van der Waals surface area contributed by atoms with E-state index in [1.165, 1.54) is 11.3 Å². The lowest BCUT2D eigenvalue weighted by Crippen LogP contribution is -2.18. The van der Waals surface area contributed by atoms with Crippen LogP contribution < -0.4 is 4.90 Å². The highest BCUT2D eigenvalue weighted by Gasteiger charge is 2.15. The number of hydrogen-bond acceptors (Lipinski definition) is 3. The number of hydrogen-bond donors (Lipinski definition) is 0. The monoisotopic (exact) mass is 341 g/mol. The van der Waals surface area contributed by atoms with Crippen molar-refractivity contribution in [2.24, 2.45) is 0 Å². The SMILES string of the molecule is CCCOC(=O)C(Br)CCCc1ccc(N(C)C)cc1. The summed E-state index contributed by atoms with van der Waals surface area (Å²) in [6.45, 7) is 2.50. The van der Waals surface area contributed by atoms with E-state index in [0.717, 1.165) is 25.7 Å². The predicted molar refractivity (Wildman–Crippen MR) is 87.7 cm³/mol. The molecule has 1 aromatic carbocycles. The molecule has 1 aromatic rings. The highest BCUT2D eigenvalue weighted by molar-refractivity contribution is 9.10. The molecule has 0 radical (unpaired) electrons. The number of carbonyl (C=O) groups excluding carboxylic acids is 1. The number of nitrogens with zero attached hydrogens (tertiary/aromatic N) is 1. The summed E-state index contributed by atoms with van der Waals surface area (Å²) in [5.74, 6) is -0.144. The van der Waals surface area contributed by atoms with Crippen molar-refractivity contribution in [1.82, 2.24) is 0 Å². The molecular weight excluding hydrogens is 318 g/mol. The van der Waals surface area contributed by atoms with E-state index in [1.54, 1.807) is 0 Å². The molecular formula is C16H24BrNO2. The van der Waals surface area contributed by atoms with Gasteiger partial charge in [-0.1, -0.05) is 35.0 Å². The van der Waals surface area contributed by atoms with Crippen molar-refractivity contribution in [2.75, 3.05) is 25.6 Å². The third kappa shape index (κ3) is 5.95. The molecule has 0 aliphatic rings. The second-order valence-electron chi connectivity index (χ2n) is 5.09. The van der Waals surface area contributed by atoms with E-state index in [-0.39, 0.29) is 10.8 Å². The molecule has 1 atom stereocenters. The Balaban J connectivity index is 2.31. The number of alkyl halides is 1. The largest absolute Gasteiger partial charge is 0.465 e. The Morgan fingerprint density at radius 3 is 2.50 bits per heavy atom. The van der Waals surface area contributed by atoms with Gasteiger partial charge in [-0.15, -0.1) is 0 Å². The molecule has 112 valence electrons. The van der Waals surface area contributed by atoms with Gasteiger partial charge in [-0.05, 0) is 43.4 Å². The summed E-state index contributed by atoms with van der Waals surface area (Å²) < 4.78 is 5.11. The third-order valence-corrected chi connectivity index (χ3v) is 3.91. The Labute approximate surface area is 130 Å². The molecule has 0 fully saturated rings. The van der Waals surface area contributed by atoms with Crippen LogP contribution in [0.3, 0.4) is 0 Å². The van der Waals surface area contributed by atoms with Crippen LogP contribution >= 0.6 is 15.9 Å². The van der Waals surface area contributed by atoms with E-state index in [2.05, 4.69) is 45.1 Å².